The molecule has 0 spiro atoms. The molecule has 1 N–H and O–H groups in total. The first-order valence-electron chi connectivity index (χ1n) is 5.24. The van der Waals surface area contributed by atoms with Crippen LogP contribution in [0, 0.1) is 0 Å². The lowest BCUT2D eigenvalue weighted by molar-refractivity contribution is -0.137. The van der Waals surface area contributed by atoms with Gasteiger partial charge in [-0.05, 0) is 30.3 Å². The minimum absolute atomic E-state index is 0.101. The van der Waals surface area contributed by atoms with Gasteiger partial charge in [-0.2, -0.15) is 13.2 Å². The molecule has 3 nitrogen and oxygen atoms in total. The SMILES string of the molecule is O=S(=O)(Nc1ccc(Cl)c(C(F)(F)F)c1)c1ccc(Cl)s1. The highest BCUT2D eigenvalue weighted by Gasteiger charge is 2.33. The molecular weight excluding hydrogens is 370 g/mol. The zero-order valence-corrected chi connectivity index (χ0v) is 13.1. The summed E-state index contributed by atoms with van der Waals surface area (Å²) in [6.07, 6.45) is -4.68. The summed E-state index contributed by atoms with van der Waals surface area (Å²) in [7, 11) is -3.99. The zero-order chi connectivity index (χ0) is 15.8. The normalized spacial score (nSPS) is 12.4. The van der Waals surface area contributed by atoms with Crippen molar-refractivity contribution in [2.24, 2.45) is 0 Å². The number of benzene rings is 1. The van der Waals surface area contributed by atoms with Crippen LogP contribution in [0.25, 0.3) is 0 Å². The molecule has 0 bridgehead atoms. The van der Waals surface area contributed by atoms with Gasteiger partial charge < -0.3 is 0 Å². The number of sulfonamides is 1. The van der Waals surface area contributed by atoms with Gasteiger partial charge in [0.15, 0.2) is 0 Å². The van der Waals surface area contributed by atoms with Gasteiger partial charge in [-0.25, -0.2) is 8.42 Å². The molecule has 0 atom stereocenters. The molecule has 0 saturated heterocycles. The Hall–Kier alpha value is -0.960. The average molecular weight is 376 g/mol. The molecule has 0 aliphatic rings. The van der Waals surface area contributed by atoms with Gasteiger partial charge in [0.05, 0.1) is 14.9 Å². The van der Waals surface area contributed by atoms with Crippen molar-refractivity contribution in [2.75, 3.05) is 4.72 Å². The predicted molar refractivity (Wildman–Crippen MR) is 76.6 cm³/mol. The van der Waals surface area contributed by atoms with Gasteiger partial charge in [0, 0.05) is 5.69 Å². The van der Waals surface area contributed by atoms with Crippen LogP contribution in [0.4, 0.5) is 18.9 Å². The molecule has 0 unspecified atom stereocenters. The summed E-state index contributed by atoms with van der Waals surface area (Å²) in [5.41, 5.74) is -1.36. The summed E-state index contributed by atoms with van der Waals surface area (Å²) in [6, 6.07) is 5.39. The molecule has 21 heavy (non-hydrogen) atoms. The summed E-state index contributed by atoms with van der Waals surface area (Å²) in [5, 5.41) is -0.510. The molecule has 0 saturated carbocycles. The molecule has 0 amide bonds. The van der Waals surface area contributed by atoms with Crippen molar-refractivity contribution in [3.63, 3.8) is 0 Å². The van der Waals surface area contributed by atoms with Gasteiger partial charge in [-0.1, -0.05) is 23.2 Å². The minimum atomic E-state index is -4.68. The van der Waals surface area contributed by atoms with Crippen molar-refractivity contribution in [1.29, 1.82) is 0 Å². The summed E-state index contributed by atoms with van der Waals surface area (Å²) >= 11 is 11.9. The standard InChI is InChI=1S/C11H6Cl2F3NO2S2/c12-8-2-1-6(5-7(8)11(14,15)16)17-21(18,19)10-4-3-9(13)20-10/h1-5,17H. The first-order valence-corrected chi connectivity index (χ1v) is 8.30. The maximum atomic E-state index is 12.7. The Morgan fingerprint density at radius 3 is 2.29 bits per heavy atom. The van der Waals surface area contributed by atoms with Gasteiger partial charge in [0.25, 0.3) is 10.0 Å². The first-order chi connectivity index (χ1) is 9.59. The van der Waals surface area contributed by atoms with E-state index in [1.165, 1.54) is 12.1 Å². The molecule has 0 aliphatic heterocycles. The van der Waals surface area contributed by atoms with Gasteiger partial charge in [0.2, 0.25) is 0 Å². The summed E-state index contributed by atoms with van der Waals surface area (Å²) in [4.78, 5) is 0. The number of anilines is 1. The third-order valence-electron chi connectivity index (χ3n) is 2.34. The van der Waals surface area contributed by atoms with Crippen molar-refractivity contribution in [3.8, 4) is 0 Å². The fourth-order valence-corrected chi connectivity index (χ4v) is 4.21. The lowest BCUT2D eigenvalue weighted by atomic mass is 10.2. The fourth-order valence-electron chi connectivity index (χ4n) is 1.45. The second-order valence-corrected chi connectivity index (χ2v) is 7.89. The van der Waals surface area contributed by atoms with Crippen LogP contribution in [-0.2, 0) is 16.2 Å². The van der Waals surface area contributed by atoms with E-state index in [-0.39, 0.29) is 14.2 Å². The Balaban J connectivity index is 2.36. The Morgan fingerprint density at radius 2 is 1.76 bits per heavy atom. The molecule has 114 valence electrons. The highest BCUT2D eigenvalue weighted by Crippen LogP contribution is 2.36. The quantitative estimate of drug-likeness (QED) is 0.831. The van der Waals surface area contributed by atoms with Crippen LogP contribution in [0.5, 0.6) is 0 Å². The topological polar surface area (TPSA) is 46.2 Å². The van der Waals surface area contributed by atoms with Crippen LogP contribution in [0.15, 0.2) is 34.5 Å². The Bertz CT molecular complexity index is 772. The van der Waals surface area contributed by atoms with Gasteiger partial charge in [0.1, 0.15) is 4.21 Å². The van der Waals surface area contributed by atoms with E-state index in [2.05, 4.69) is 4.72 Å². The van der Waals surface area contributed by atoms with E-state index in [4.69, 9.17) is 23.2 Å². The van der Waals surface area contributed by atoms with Crippen LogP contribution >= 0.6 is 34.5 Å². The molecule has 0 fully saturated rings. The van der Waals surface area contributed by atoms with Gasteiger partial charge >= 0.3 is 6.18 Å². The van der Waals surface area contributed by atoms with E-state index in [1.54, 1.807) is 0 Å². The van der Waals surface area contributed by atoms with Gasteiger partial charge in [-0.15, -0.1) is 11.3 Å². The third kappa shape index (κ3) is 3.82. The highest BCUT2D eigenvalue weighted by molar-refractivity contribution is 7.94. The van der Waals surface area contributed by atoms with E-state index in [9.17, 15) is 21.6 Å². The van der Waals surface area contributed by atoms with E-state index in [0.29, 0.717) is 6.07 Å². The van der Waals surface area contributed by atoms with Crippen LogP contribution in [0.3, 0.4) is 0 Å². The van der Waals surface area contributed by atoms with E-state index >= 15 is 0 Å². The Kier molecular flexibility index (Phi) is 4.44. The highest BCUT2D eigenvalue weighted by atomic mass is 35.5. The second kappa shape index (κ2) is 5.68. The number of hydrogen-bond acceptors (Lipinski definition) is 3. The van der Waals surface area contributed by atoms with Crippen molar-refractivity contribution in [1.82, 2.24) is 0 Å². The van der Waals surface area contributed by atoms with Crippen LogP contribution < -0.4 is 4.72 Å². The lowest BCUT2D eigenvalue weighted by Crippen LogP contribution is -2.13. The Morgan fingerprint density at radius 1 is 1.10 bits per heavy atom. The number of alkyl halides is 3. The van der Waals surface area contributed by atoms with Crippen molar-refractivity contribution < 1.29 is 21.6 Å². The van der Waals surface area contributed by atoms with E-state index in [0.717, 1.165) is 23.5 Å². The number of halogens is 5. The largest absolute Gasteiger partial charge is 0.417 e. The molecule has 2 aromatic rings. The number of thiophene rings is 1. The lowest BCUT2D eigenvalue weighted by Gasteiger charge is -2.12. The van der Waals surface area contributed by atoms with Crippen molar-refractivity contribution >= 4 is 50.2 Å². The van der Waals surface area contributed by atoms with Crippen LogP contribution in [0.1, 0.15) is 5.56 Å². The molecule has 0 aliphatic carbocycles. The summed E-state index contributed by atoms with van der Waals surface area (Å²) in [6.45, 7) is 0. The Labute approximate surface area is 132 Å². The molecule has 10 heteroatoms. The van der Waals surface area contributed by atoms with E-state index < -0.39 is 26.8 Å². The monoisotopic (exact) mass is 375 g/mol. The molecule has 1 aromatic heterocycles. The van der Waals surface area contributed by atoms with E-state index in [1.807, 2.05) is 0 Å². The molecule has 1 aromatic carbocycles. The van der Waals surface area contributed by atoms with Gasteiger partial charge in [-0.3, -0.25) is 4.72 Å². The van der Waals surface area contributed by atoms with Crippen molar-refractivity contribution in [2.45, 2.75) is 10.4 Å². The zero-order valence-electron chi connectivity index (χ0n) is 9.91. The molecule has 2 rings (SSSR count). The molecular formula is C11H6Cl2F3NO2S2. The molecule has 0 radical (unpaired) electrons. The van der Waals surface area contributed by atoms with Crippen molar-refractivity contribution in [3.05, 3.63) is 45.3 Å². The smallest absolute Gasteiger partial charge is 0.279 e. The summed E-state index contributed by atoms with van der Waals surface area (Å²) in [5.74, 6) is 0. The number of nitrogens with one attached hydrogen (secondary N) is 1. The predicted octanol–water partition coefficient (Wildman–Crippen LogP) is 4.87. The average Bonchev–Trinajstić information content (AvgIpc) is 2.77. The van der Waals surface area contributed by atoms with Crippen LogP contribution in [0.2, 0.25) is 9.36 Å². The molecule has 1 heterocycles. The number of hydrogen-bond donors (Lipinski definition) is 1. The van der Waals surface area contributed by atoms with Crippen LogP contribution in [-0.4, -0.2) is 8.42 Å². The summed E-state index contributed by atoms with van der Waals surface area (Å²) < 4.78 is 64.3. The second-order valence-electron chi connectivity index (χ2n) is 3.86. The fraction of sp³-hybridized carbons (Fsp3) is 0.0909. The first kappa shape index (κ1) is 16.4. The maximum absolute atomic E-state index is 12.7. The number of rotatable bonds is 3. The third-order valence-corrected chi connectivity index (χ3v) is 5.77. The minimum Gasteiger partial charge on any atom is -0.279 e. The maximum Gasteiger partial charge on any atom is 0.417 e.